The largest absolute Gasteiger partial charge is 0.481 e. The molecule has 0 fully saturated rings. The molecular weight excluding hydrogens is 592 g/mol. The number of carboxylic acid groups (broad SMARTS) is 1. The number of nitrogens with one attached hydrogen (secondary N) is 3. The molecule has 0 saturated carbocycles. The van der Waals surface area contributed by atoms with Crippen molar-refractivity contribution < 1.29 is 32.7 Å². The number of carbonyl (C=O) groups is 3. The zero-order valence-corrected chi connectivity index (χ0v) is 22.2. The Labute approximate surface area is 240 Å². The second-order valence-corrected chi connectivity index (χ2v) is 8.76. The van der Waals surface area contributed by atoms with Crippen LogP contribution < -0.4 is 21.7 Å². The third-order valence-corrected chi connectivity index (χ3v) is 5.84. The maximum atomic E-state index is 13.1. The number of nitrogens with zero attached hydrogens (tertiary/aromatic N) is 4. The number of carbonyl (C=O) groups excluding carboxylic acids is 2. The monoisotopic (exact) mass is 612 g/mol. The number of alkyl halides is 3. The van der Waals surface area contributed by atoms with E-state index in [4.69, 9.17) is 22.4 Å². The molecule has 0 saturated heterocycles. The number of aromatic nitrogens is 4. The maximum Gasteiger partial charge on any atom is 0.417 e. The molecule has 0 aliphatic heterocycles. The number of aliphatic carboxylic acids is 1. The Bertz CT molecular complexity index is 1580. The van der Waals surface area contributed by atoms with Crippen LogP contribution in [0.1, 0.15) is 18.4 Å². The van der Waals surface area contributed by atoms with Crippen molar-refractivity contribution in [3.05, 3.63) is 65.7 Å². The highest BCUT2D eigenvalue weighted by Gasteiger charge is 2.33. The first-order chi connectivity index (χ1) is 18.9. The molecule has 6 N–H and O–H groups in total. The molecule has 0 aliphatic rings. The normalized spacial score (nSPS) is 11.8. The van der Waals surface area contributed by atoms with Crippen LogP contribution in [0.2, 0.25) is 5.02 Å². The van der Waals surface area contributed by atoms with Crippen molar-refractivity contribution in [2.45, 2.75) is 25.1 Å². The number of carboxylic acids is 1. The van der Waals surface area contributed by atoms with Crippen molar-refractivity contribution in [2.75, 3.05) is 16.0 Å². The van der Waals surface area contributed by atoms with Gasteiger partial charge in [-0.15, -0.1) is 12.4 Å². The number of urea groups is 1. The fraction of sp³-hybridized carbons (Fsp3) is 0.167. The predicted molar refractivity (Wildman–Crippen MR) is 146 cm³/mol. The number of rotatable bonds is 8. The van der Waals surface area contributed by atoms with Gasteiger partial charge >= 0.3 is 18.2 Å². The average molecular weight is 613 g/mol. The average Bonchev–Trinajstić information content (AvgIpc) is 3.33. The molecule has 0 radical (unpaired) electrons. The predicted octanol–water partition coefficient (Wildman–Crippen LogP) is 4.68. The molecule has 0 spiro atoms. The quantitative estimate of drug-likeness (QED) is 0.190. The minimum absolute atomic E-state index is 0. The highest BCUT2D eigenvalue weighted by atomic mass is 35.5. The SMILES string of the molecule is Cl.N[C@@H](CCC(=O)O)C(=O)Nc1ncnc2c1ncn2-c1ccc(NC(=O)Nc2ccc(Cl)c(C(F)(F)F)c2)cc1. The summed E-state index contributed by atoms with van der Waals surface area (Å²) in [5.74, 6) is -1.61. The Hall–Kier alpha value is -4.47. The lowest BCUT2D eigenvalue weighted by atomic mass is 10.1. The minimum Gasteiger partial charge on any atom is -0.481 e. The second-order valence-electron chi connectivity index (χ2n) is 8.36. The summed E-state index contributed by atoms with van der Waals surface area (Å²) in [6, 6.07) is 7.54. The van der Waals surface area contributed by atoms with Crippen molar-refractivity contribution in [1.82, 2.24) is 19.5 Å². The van der Waals surface area contributed by atoms with E-state index in [1.807, 2.05) is 0 Å². The molecule has 41 heavy (non-hydrogen) atoms. The summed E-state index contributed by atoms with van der Waals surface area (Å²) in [5.41, 5.74) is 6.09. The van der Waals surface area contributed by atoms with E-state index in [1.165, 1.54) is 18.7 Å². The highest BCUT2D eigenvalue weighted by Crippen LogP contribution is 2.36. The highest BCUT2D eigenvalue weighted by molar-refractivity contribution is 6.31. The maximum absolute atomic E-state index is 13.1. The number of anilines is 3. The molecule has 0 aliphatic carbocycles. The Morgan fingerprint density at radius 3 is 2.32 bits per heavy atom. The topological polar surface area (TPSA) is 177 Å². The summed E-state index contributed by atoms with van der Waals surface area (Å²) in [6.45, 7) is 0. The van der Waals surface area contributed by atoms with Crippen LogP contribution in [0.25, 0.3) is 16.9 Å². The van der Waals surface area contributed by atoms with Gasteiger partial charge in [-0.2, -0.15) is 13.2 Å². The van der Waals surface area contributed by atoms with Crippen molar-refractivity contribution in [1.29, 1.82) is 0 Å². The van der Waals surface area contributed by atoms with Crippen molar-refractivity contribution in [3.8, 4) is 5.69 Å². The Balaban J connectivity index is 0.00000462. The van der Waals surface area contributed by atoms with E-state index in [2.05, 4.69) is 30.9 Å². The molecule has 1 atom stereocenters. The summed E-state index contributed by atoms with van der Waals surface area (Å²) in [4.78, 5) is 47.8. The Morgan fingerprint density at radius 2 is 1.66 bits per heavy atom. The number of benzene rings is 2. The first kappa shape index (κ1) is 31.1. The fourth-order valence-corrected chi connectivity index (χ4v) is 3.78. The Morgan fingerprint density at radius 1 is 1.00 bits per heavy atom. The number of imidazole rings is 1. The van der Waals surface area contributed by atoms with Gasteiger partial charge in [0.2, 0.25) is 5.91 Å². The van der Waals surface area contributed by atoms with Gasteiger partial charge in [-0.05, 0) is 48.9 Å². The Kier molecular flexibility index (Phi) is 9.70. The van der Waals surface area contributed by atoms with Crippen molar-refractivity contribution >= 4 is 70.3 Å². The van der Waals surface area contributed by atoms with E-state index in [-0.39, 0.29) is 42.3 Å². The molecule has 2 aromatic heterocycles. The van der Waals surface area contributed by atoms with E-state index in [9.17, 15) is 27.6 Å². The molecular formula is C24H21Cl2F3N8O4. The zero-order chi connectivity index (χ0) is 29.0. The molecule has 0 unspecified atom stereocenters. The minimum atomic E-state index is -4.68. The number of fused-ring (bicyclic) bond motifs is 1. The first-order valence-electron chi connectivity index (χ1n) is 11.4. The lowest BCUT2D eigenvalue weighted by molar-refractivity contribution is -0.138. The number of amides is 3. The zero-order valence-electron chi connectivity index (χ0n) is 20.6. The summed E-state index contributed by atoms with van der Waals surface area (Å²) in [5, 5.41) is 15.7. The summed E-state index contributed by atoms with van der Waals surface area (Å²) >= 11 is 5.60. The lowest BCUT2D eigenvalue weighted by Gasteiger charge is -2.12. The molecule has 3 amide bonds. The lowest BCUT2D eigenvalue weighted by Crippen LogP contribution is -2.36. The van der Waals surface area contributed by atoms with E-state index in [1.54, 1.807) is 28.8 Å². The van der Waals surface area contributed by atoms with Gasteiger partial charge in [0.25, 0.3) is 0 Å². The van der Waals surface area contributed by atoms with Crippen LogP contribution in [0.15, 0.2) is 55.1 Å². The van der Waals surface area contributed by atoms with Crippen LogP contribution in [0, 0.1) is 0 Å². The van der Waals surface area contributed by atoms with Gasteiger partial charge in [0.1, 0.15) is 12.7 Å². The molecule has 2 aromatic carbocycles. The van der Waals surface area contributed by atoms with Gasteiger partial charge in [-0.1, -0.05) is 11.6 Å². The summed E-state index contributed by atoms with van der Waals surface area (Å²) < 4.78 is 40.8. The third-order valence-electron chi connectivity index (χ3n) is 5.51. The van der Waals surface area contributed by atoms with Crippen molar-refractivity contribution in [3.63, 3.8) is 0 Å². The molecule has 0 bridgehead atoms. The van der Waals surface area contributed by atoms with E-state index in [0.29, 0.717) is 17.0 Å². The van der Waals surface area contributed by atoms with Gasteiger partial charge in [0, 0.05) is 23.5 Å². The number of hydrogen-bond acceptors (Lipinski definition) is 7. The van der Waals surface area contributed by atoms with Crippen LogP contribution in [0.5, 0.6) is 0 Å². The van der Waals surface area contributed by atoms with Gasteiger partial charge in [0.15, 0.2) is 17.0 Å². The fourth-order valence-electron chi connectivity index (χ4n) is 3.55. The second kappa shape index (κ2) is 12.8. The van der Waals surface area contributed by atoms with E-state index >= 15 is 0 Å². The summed E-state index contributed by atoms with van der Waals surface area (Å²) in [6.07, 6.45) is -2.36. The summed E-state index contributed by atoms with van der Waals surface area (Å²) in [7, 11) is 0. The van der Waals surface area contributed by atoms with Gasteiger partial charge in [-0.25, -0.2) is 19.7 Å². The van der Waals surface area contributed by atoms with Crippen molar-refractivity contribution in [2.24, 2.45) is 5.73 Å². The van der Waals surface area contributed by atoms with E-state index in [0.717, 1.165) is 12.1 Å². The van der Waals surface area contributed by atoms with Crippen LogP contribution in [0.4, 0.5) is 35.2 Å². The van der Waals surface area contributed by atoms with Crippen LogP contribution in [0.3, 0.4) is 0 Å². The molecule has 12 nitrogen and oxygen atoms in total. The number of nitrogens with two attached hydrogens (primary N) is 1. The van der Waals surface area contributed by atoms with Crippen LogP contribution >= 0.6 is 24.0 Å². The standard InChI is InChI=1S/C24H20ClF3N8O4.ClH/c25-16-6-3-13(9-15(16)24(26,27)28)34-23(40)33-12-1-4-14(5-2-12)36-11-32-19-20(30-10-31-21(19)36)35-22(39)17(29)7-8-18(37)38;/h1-6,9-11,17H,7-8,29H2,(H,37,38)(H2,33,34,40)(H,30,31,35,39);1H/t17-;/m0./s1. The van der Waals surface area contributed by atoms with Gasteiger partial charge < -0.3 is 26.8 Å². The molecule has 216 valence electrons. The van der Waals surface area contributed by atoms with Gasteiger partial charge in [0.05, 0.1) is 16.6 Å². The molecule has 2 heterocycles. The molecule has 4 rings (SSSR count). The van der Waals surface area contributed by atoms with Crippen LogP contribution in [-0.2, 0) is 15.8 Å². The van der Waals surface area contributed by atoms with Crippen LogP contribution in [-0.4, -0.2) is 48.6 Å². The number of halogens is 5. The number of hydrogen-bond donors (Lipinski definition) is 5. The molecule has 4 aromatic rings. The third kappa shape index (κ3) is 7.59. The van der Waals surface area contributed by atoms with E-state index < -0.39 is 40.7 Å². The smallest absolute Gasteiger partial charge is 0.417 e. The molecule has 17 heteroatoms. The van der Waals surface area contributed by atoms with Gasteiger partial charge in [-0.3, -0.25) is 14.2 Å². The first-order valence-corrected chi connectivity index (χ1v) is 11.8.